The Morgan fingerprint density at radius 3 is 1.85 bits per heavy atom. The fourth-order valence-corrected chi connectivity index (χ4v) is 2.98. The van der Waals surface area contributed by atoms with Crippen LogP contribution >= 0.6 is 0 Å². The summed E-state index contributed by atoms with van der Waals surface area (Å²) in [6.07, 6.45) is 0. The van der Waals surface area contributed by atoms with E-state index in [0.29, 0.717) is 16.7 Å². The van der Waals surface area contributed by atoms with Crippen LogP contribution in [0.15, 0.2) is 72.8 Å². The maximum Gasteiger partial charge on any atom is 0.338 e. The standard InChI is InChI=1S/C22H18O4/c1-25-21(23)18-12-7-6-11-16(18)17-13-8-14-19(22(24)26-2)20(17)15-9-4-3-5-10-15/h3-14H,1-2H3. The second-order valence-electron chi connectivity index (χ2n) is 5.62. The molecule has 0 saturated heterocycles. The topological polar surface area (TPSA) is 52.6 Å². The number of benzene rings is 3. The van der Waals surface area contributed by atoms with E-state index >= 15 is 0 Å². The summed E-state index contributed by atoms with van der Waals surface area (Å²) in [4.78, 5) is 24.6. The number of ether oxygens (including phenoxy) is 2. The molecule has 0 aliphatic heterocycles. The molecule has 0 heterocycles. The number of carbonyl (C=O) groups is 2. The molecule has 4 heteroatoms. The van der Waals surface area contributed by atoms with Gasteiger partial charge in [-0.2, -0.15) is 0 Å². The van der Waals surface area contributed by atoms with E-state index in [2.05, 4.69) is 0 Å². The summed E-state index contributed by atoms with van der Waals surface area (Å²) in [6.45, 7) is 0. The molecule has 4 nitrogen and oxygen atoms in total. The Balaban J connectivity index is 2.34. The first-order valence-electron chi connectivity index (χ1n) is 8.12. The smallest absolute Gasteiger partial charge is 0.338 e. The lowest BCUT2D eigenvalue weighted by molar-refractivity contribution is 0.0593. The first kappa shape index (κ1) is 17.4. The van der Waals surface area contributed by atoms with Crippen molar-refractivity contribution in [3.8, 4) is 22.3 Å². The molecule has 3 aromatic rings. The van der Waals surface area contributed by atoms with Crippen LogP contribution in [0.1, 0.15) is 20.7 Å². The number of carbonyl (C=O) groups excluding carboxylic acids is 2. The minimum absolute atomic E-state index is 0.428. The van der Waals surface area contributed by atoms with Gasteiger partial charge in [-0.05, 0) is 28.8 Å². The highest BCUT2D eigenvalue weighted by molar-refractivity contribution is 6.05. The van der Waals surface area contributed by atoms with Crippen LogP contribution < -0.4 is 0 Å². The van der Waals surface area contributed by atoms with Gasteiger partial charge in [0, 0.05) is 5.56 Å². The number of rotatable bonds is 4. The Kier molecular flexibility index (Phi) is 5.13. The van der Waals surface area contributed by atoms with Gasteiger partial charge in [0.1, 0.15) is 0 Å². The minimum atomic E-state index is -0.429. The molecule has 0 N–H and O–H groups in total. The van der Waals surface area contributed by atoms with Gasteiger partial charge in [-0.3, -0.25) is 0 Å². The molecule has 26 heavy (non-hydrogen) atoms. The molecule has 0 bridgehead atoms. The molecule has 0 unspecified atom stereocenters. The summed E-state index contributed by atoms with van der Waals surface area (Å²) in [5.74, 6) is -0.857. The van der Waals surface area contributed by atoms with Gasteiger partial charge < -0.3 is 9.47 Å². The Morgan fingerprint density at radius 1 is 0.615 bits per heavy atom. The van der Waals surface area contributed by atoms with Crippen LogP contribution in [-0.4, -0.2) is 26.2 Å². The fourth-order valence-electron chi connectivity index (χ4n) is 2.98. The molecule has 0 atom stereocenters. The molecule has 0 spiro atoms. The molecular weight excluding hydrogens is 328 g/mol. The van der Waals surface area contributed by atoms with Gasteiger partial charge in [-0.25, -0.2) is 9.59 Å². The predicted octanol–water partition coefficient (Wildman–Crippen LogP) is 4.59. The number of hydrogen-bond donors (Lipinski definition) is 0. The van der Waals surface area contributed by atoms with Crippen molar-refractivity contribution in [3.63, 3.8) is 0 Å². The second kappa shape index (κ2) is 7.66. The van der Waals surface area contributed by atoms with Crippen LogP contribution in [0.2, 0.25) is 0 Å². The van der Waals surface area contributed by atoms with Gasteiger partial charge in [0.15, 0.2) is 0 Å². The third-order valence-electron chi connectivity index (χ3n) is 4.15. The van der Waals surface area contributed by atoms with Crippen LogP contribution in [0.5, 0.6) is 0 Å². The van der Waals surface area contributed by atoms with Crippen molar-refractivity contribution in [2.75, 3.05) is 14.2 Å². The zero-order valence-electron chi connectivity index (χ0n) is 14.6. The zero-order valence-corrected chi connectivity index (χ0v) is 14.6. The Labute approximate surface area is 152 Å². The summed E-state index contributed by atoms with van der Waals surface area (Å²) >= 11 is 0. The highest BCUT2D eigenvalue weighted by Crippen LogP contribution is 2.37. The summed E-state index contributed by atoms with van der Waals surface area (Å²) in [5, 5.41) is 0. The largest absolute Gasteiger partial charge is 0.465 e. The molecule has 3 rings (SSSR count). The van der Waals surface area contributed by atoms with Crippen molar-refractivity contribution in [1.82, 2.24) is 0 Å². The van der Waals surface area contributed by atoms with E-state index in [1.165, 1.54) is 14.2 Å². The first-order chi connectivity index (χ1) is 12.7. The lowest BCUT2D eigenvalue weighted by atomic mass is 9.88. The normalized spacial score (nSPS) is 10.2. The number of methoxy groups -OCH3 is 2. The van der Waals surface area contributed by atoms with Crippen molar-refractivity contribution in [3.05, 3.63) is 83.9 Å². The minimum Gasteiger partial charge on any atom is -0.465 e. The van der Waals surface area contributed by atoms with Gasteiger partial charge in [-0.1, -0.05) is 60.7 Å². The van der Waals surface area contributed by atoms with Crippen molar-refractivity contribution in [2.24, 2.45) is 0 Å². The van der Waals surface area contributed by atoms with Crippen LogP contribution in [0.4, 0.5) is 0 Å². The van der Waals surface area contributed by atoms with E-state index in [4.69, 9.17) is 9.47 Å². The maximum atomic E-state index is 12.4. The van der Waals surface area contributed by atoms with E-state index in [1.807, 2.05) is 48.5 Å². The first-order valence-corrected chi connectivity index (χ1v) is 8.12. The SMILES string of the molecule is COC(=O)c1ccccc1-c1cccc(C(=O)OC)c1-c1ccccc1. The van der Waals surface area contributed by atoms with Crippen LogP contribution in [-0.2, 0) is 9.47 Å². The lowest BCUT2D eigenvalue weighted by Gasteiger charge is -2.16. The molecule has 0 fully saturated rings. The summed E-state index contributed by atoms with van der Waals surface area (Å²) in [7, 11) is 2.70. The Hall–Kier alpha value is -3.40. The van der Waals surface area contributed by atoms with E-state index in [9.17, 15) is 9.59 Å². The highest BCUT2D eigenvalue weighted by Gasteiger charge is 2.21. The van der Waals surface area contributed by atoms with E-state index in [0.717, 1.165) is 16.7 Å². The lowest BCUT2D eigenvalue weighted by Crippen LogP contribution is -2.07. The van der Waals surface area contributed by atoms with E-state index < -0.39 is 11.9 Å². The average Bonchev–Trinajstić information content (AvgIpc) is 2.72. The van der Waals surface area contributed by atoms with Gasteiger partial charge in [0.2, 0.25) is 0 Å². The fraction of sp³-hybridized carbons (Fsp3) is 0.0909. The highest BCUT2D eigenvalue weighted by atomic mass is 16.5. The molecule has 0 aliphatic carbocycles. The van der Waals surface area contributed by atoms with Gasteiger partial charge in [0.25, 0.3) is 0 Å². The van der Waals surface area contributed by atoms with E-state index in [-0.39, 0.29) is 0 Å². The van der Waals surface area contributed by atoms with Gasteiger partial charge in [0.05, 0.1) is 25.3 Å². The van der Waals surface area contributed by atoms with Crippen molar-refractivity contribution >= 4 is 11.9 Å². The summed E-state index contributed by atoms with van der Waals surface area (Å²) < 4.78 is 9.87. The summed E-state index contributed by atoms with van der Waals surface area (Å²) in [6, 6.07) is 22.1. The molecule has 130 valence electrons. The second-order valence-corrected chi connectivity index (χ2v) is 5.62. The monoisotopic (exact) mass is 346 g/mol. The van der Waals surface area contributed by atoms with Gasteiger partial charge >= 0.3 is 11.9 Å². The Bertz CT molecular complexity index is 945. The Morgan fingerprint density at radius 2 is 1.15 bits per heavy atom. The molecular formula is C22H18O4. The molecule has 0 aliphatic rings. The van der Waals surface area contributed by atoms with Crippen molar-refractivity contribution < 1.29 is 19.1 Å². The van der Waals surface area contributed by atoms with Crippen molar-refractivity contribution in [2.45, 2.75) is 0 Å². The zero-order chi connectivity index (χ0) is 18.5. The maximum absolute atomic E-state index is 12.4. The molecule has 0 aromatic heterocycles. The third-order valence-corrected chi connectivity index (χ3v) is 4.15. The number of esters is 2. The number of hydrogen-bond acceptors (Lipinski definition) is 4. The van der Waals surface area contributed by atoms with E-state index in [1.54, 1.807) is 24.3 Å². The average molecular weight is 346 g/mol. The quantitative estimate of drug-likeness (QED) is 0.648. The predicted molar refractivity (Wildman–Crippen MR) is 100.0 cm³/mol. The van der Waals surface area contributed by atoms with Gasteiger partial charge in [-0.15, -0.1) is 0 Å². The summed E-state index contributed by atoms with van der Waals surface area (Å²) in [5.41, 5.74) is 3.92. The van der Waals surface area contributed by atoms with Crippen molar-refractivity contribution in [1.29, 1.82) is 0 Å². The van der Waals surface area contributed by atoms with Crippen LogP contribution in [0, 0.1) is 0 Å². The van der Waals surface area contributed by atoms with Crippen LogP contribution in [0.3, 0.4) is 0 Å². The molecule has 3 aromatic carbocycles. The third kappa shape index (κ3) is 3.22. The van der Waals surface area contributed by atoms with Crippen LogP contribution in [0.25, 0.3) is 22.3 Å². The molecule has 0 amide bonds. The molecule has 0 radical (unpaired) electrons. The molecule has 0 saturated carbocycles.